The lowest BCUT2D eigenvalue weighted by molar-refractivity contribution is -0.276. The van der Waals surface area contributed by atoms with Crippen molar-refractivity contribution in [3.8, 4) is 11.1 Å². The first-order valence-electron chi connectivity index (χ1n) is 14.8. The average Bonchev–Trinajstić information content (AvgIpc) is 3.37. The number of nitrogens with zero attached hydrogens (tertiary/aromatic N) is 2. The van der Waals surface area contributed by atoms with Gasteiger partial charge in [-0.15, -0.1) is 0 Å². The van der Waals surface area contributed by atoms with E-state index < -0.39 is 12.3 Å². The number of aliphatic hydroxyl groups excluding tert-OH is 1. The molecule has 1 aliphatic rings. The number of imidazole rings is 1. The maximum Gasteiger partial charge on any atom is 0.303 e. The van der Waals surface area contributed by atoms with E-state index in [9.17, 15) is 14.7 Å². The summed E-state index contributed by atoms with van der Waals surface area (Å²) in [6.07, 6.45) is 0.783. The highest BCUT2D eigenvalue weighted by Crippen LogP contribution is 2.42. The topological polar surface area (TPSA) is 123 Å². The van der Waals surface area contributed by atoms with E-state index in [1.165, 1.54) is 0 Å². The summed E-state index contributed by atoms with van der Waals surface area (Å²) < 4.78 is 14.9. The largest absolute Gasteiger partial charge is 0.481 e. The number of aliphatic hydroxyl groups is 1. The molecule has 3 aromatic carbocycles. The van der Waals surface area contributed by atoms with Crippen LogP contribution in [0.5, 0.6) is 0 Å². The number of halogens is 2. The number of carbonyl (C=O) groups is 2. The number of ether oxygens (including phenoxy) is 2. The van der Waals surface area contributed by atoms with Gasteiger partial charge in [-0.2, -0.15) is 0 Å². The van der Waals surface area contributed by atoms with Crippen molar-refractivity contribution in [1.29, 1.82) is 0 Å². The third-order valence-corrected chi connectivity index (χ3v) is 8.78. The molecule has 236 valence electrons. The van der Waals surface area contributed by atoms with Gasteiger partial charge in [0.2, 0.25) is 5.91 Å². The lowest BCUT2D eigenvalue weighted by Gasteiger charge is -2.41. The van der Waals surface area contributed by atoms with E-state index >= 15 is 0 Å². The standard InChI is InChI=1S/C34H35Cl2N3O6/c1-21-28(18-39-20-38-32(35)33(39)36)44-34(45-31(21)24-11-9-22(19-40)10-12-24)25-15-13-23(14-16-25)27-6-3-2-5-26(27)17-37-29(41)7-4-8-30(42)43/h2-3,5-6,9-16,20-21,28,31,34,40H,4,7-8,17-19H2,1H3,(H,37,41)(H,42,43). The molecule has 3 N–H and O–H groups in total. The summed E-state index contributed by atoms with van der Waals surface area (Å²) in [6, 6.07) is 23.5. The lowest BCUT2D eigenvalue weighted by Crippen LogP contribution is -2.39. The number of hydrogen-bond acceptors (Lipinski definition) is 6. The number of carboxylic acid groups (broad SMARTS) is 1. The molecule has 1 amide bonds. The Bertz CT molecular complexity index is 1610. The zero-order chi connectivity index (χ0) is 31.9. The van der Waals surface area contributed by atoms with Gasteiger partial charge in [-0.05, 0) is 34.2 Å². The molecule has 0 aliphatic carbocycles. The number of aromatic nitrogens is 2. The summed E-state index contributed by atoms with van der Waals surface area (Å²) in [5.74, 6) is -1.15. The first kappa shape index (κ1) is 32.7. The molecule has 0 spiro atoms. The van der Waals surface area contributed by atoms with E-state index in [1.54, 1.807) is 10.9 Å². The van der Waals surface area contributed by atoms with Crippen LogP contribution >= 0.6 is 23.2 Å². The average molecular weight is 653 g/mol. The minimum atomic E-state index is -0.912. The smallest absolute Gasteiger partial charge is 0.303 e. The summed E-state index contributed by atoms with van der Waals surface area (Å²) >= 11 is 12.5. The molecular weight excluding hydrogens is 617 g/mol. The Morgan fingerprint density at radius 2 is 1.67 bits per heavy atom. The summed E-state index contributed by atoms with van der Waals surface area (Å²) in [7, 11) is 0. The van der Waals surface area contributed by atoms with Gasteiger partial charge in [0.05, 0.1) is 31.7 Å². The Morgan fingerprint density at radius 3 is 2.33 bits per heavy atom. The van der Waals surface area contributed by atoms with Gasteiger partial charge in [-0.25, -0.2) is 4.98 Å². The second kappa shape index (κ2) is 15.0. The van der Waals surface area contributed by atoms with E-state index in [0.29, 0.717) is 24.7 Å². The molecule has 2 heterocycles. The molecule has 4 atom stereocenters. The molecule has 4 aromatic rings. The van der Waals surface area contributed by atoms with Crippen LogP contribution in [0.25, 0.3) is 11.1 Å². The molecule has 0 bridgehead atoms. The van der Waals surface area contributed by atoms with Gasteiger partial charge < -0.3 is 29.6 Å². The predicted octanol–water partition coefficient (Wildman–Crippen LogP) is 6.71. The van der Waals surface area contributed by atoms with Crippen molar-refractivity contribution in [2.24, 2.45) is 5.92 Å². The van der Waals surface area contributed by atoms with Crippen LogP contribution in [0.2, 0.25) is 10.3 Å². The minimum absolute atomic E-state index is 0.0349. The Morgan fingerprint density at radius 1 is 0.956 bits per heavy atom. The Kier molecular flexibility index (Phi) is 10.9. The van der Waals surface area contributed by atoms with Crippen molar-refractivity contribution < 1.29 is 29.3 Å². The van der Waals surface area contributed by atoms with Crippen molar-refractivity contribution in [3.05, 3.63) is 112 Å². The van der Waals surface area contributed by atoms with E-state index in [0.717, 1.165) is 33.4 Å². The van der Waals surface area contributed by atoms with Crippen LogP contribution in [0.15, 0.2) is 79.1 Å². The molecular formula is C34H35Cl2N3O6. The molecule has 4 unspecified atom stereocenters. The van der Waals surface area contributed by atoms with Crippen LogP contribution in [0.1, 0.15) is 60.8 Å². The van der Waals surface area contributed by atoms with Gasteiger partial charge in [-0.3, -0.25) is 9.59 Å². The van der Waals surface area contributed by atoms with Crippen molar-refractivity contribution in [2.75, 3.05) is 0 Å². The third kappa shape index (κ3) is 8.11. The zero-order valence-corrected chi connectivity index (χ0v) is 26.2. The summed E-state index contributed by atoms with van der Waals surface area (Å²) in [4.78, 5) is 27.1. The van der Waals surface area contributed by atoms with Gasteiger partial charge in [0.25, 0.3) is 0 Å². The summed E-state index contributed by atoms with van der Waals surface area (Å²) in [5.41, 5.74) is 5.51. The quantitative estimate of drug-likeness (QED) is 0.156. The van der Waals surface area contributed by atoms with Gasteiger partial charge in [0, 0.05) is 30.9 Å². The molecule has 1 saturated heterocycles. The van der Waals surface area contributed by atoms with Crippen LogP contribution in [0, 0.1) is 5.92 Å². The SMILES string of the molecule is CC1C(Cn2cnc(Cl)c2Cl)OC(c2ccc(-c3ccccc3CNC(=O)CCCC(=O)O)cc2)OC1c1ccc(CO)cc1. The van der Waals surface area contributed by atoms with Crippen LogP contribution in [-0.4, -0.2) is 37.7 Å². The molecule has 0 saturated carbocycles. The molecule has 45 heavy (non-hydrogen) atoms. The van der Waals surface area contributed by atoms with Crippen molar-refractivity contribution in [1.82, 2.24) is 14.9 Å². The highest BCUT2D eigenvalue weighted by Gasteiger charge is 2.39. The van der Waals surface area contributed by atoms with Gasteiger partial charge in [0.1, 0.15) is 5.15 Å². The van der Waals surface area contributed by atoms with Crippen molar-refractivity contribution in [3.63, 3.8) is 0 Å². The van der Waals surface area contributed by atoms with E-state index in [4.69, 9.17) is 37.8 Å². The number of carbonyl (C=O) groups excluding carboxylic acids is 1. The Balaban J connectivity index is 1.35. The number of aliphatic carboxylic acids is 1. The molecule has 9 nitrogen and oxygen atoms in total. The number of benzene rings is 3. The van der Waals surface area contributed by atoms with Crippen LogP contribution < -0.4 is 5.32 Å². The monoisotopic (exact) mass is 651 g/mol. The van der Waals surface area contributed by atoms with E-state index in [-0.39, 0.29) is 48.6 Å². The number of rotatable bonds is 12. The second-order valence-electron chi connectivity index (χ2n) is 11.1. The molecule has 1 fully saturated rings. The minimum Gasteiger partial charge on any atom is -0.481 e. The molecule has 0 radical (unpaired) electrons. The van der Waals surface area contributed by atoms with Crippen molar-refractivity contribution in [2.45, 2.75) is 64.4 Å². The van der Waals surface area contributed by atoms with Crippen LogP contribution in [0.4, 0.5) is 0 Å². The van der Waals surface area contributed by atoms with Gasteiger partial charge in [0.15, 0.2) is 11.4 Å². The van der Waals surface area contributed by atoms with E-state index in [2.05, 4.69) is 17.2 Å². The second-order valence-corrected chi connectivity index (χ2v) is 11.8. The van der Waals surface area contributed by atoms with Crippen LogP contribution in [-0.2, 0) is 38.8 Å². The zero-order valence-electron chi connectivity index (χ0n) is 24.7. The number of amides is 1. The maximum atomic E-state index is 12.2. The summed E-state index contributed by atoms with van der Waals surface area (Å²) in [6.45, 7) is 2.79. The van der Waals surface area contributed by atoms with Gasteiger partial charge >= 0.3 is 5.97 Å². The fourth-order valence-electron chi connectivity index (χ4n) is 5.45. The number of nitrogens with one attached hydrogen (secondary N) is 1. The molecule has 11 heteroatoms. The first-order valence-corrected chi connectivity index (χ1v) is 15.5. The van der Waals surface area contributed by atoms with Gasteiger partial charge in [-0.1, -0.05) is 103 Å². The first-order chi connectivity index (χ1) is 21.7. The number of hydrogen-bond donors (Lipinski definition) is 3. The highest BCUT2D eigenvalue weighted by atomic mass is 35.5. The maximum absolute atomic E-state index is 12.2. The highest BCUT2D eigenvalue weighted by molar-refractivity contribution is 6.40. The van der Waals surface area contributed by atoms with Crippen molar-refractivity contribution >= 4 is 35.1 Å². The fraction of sp³-hybridized carbons (Fsp3) is 0.324. The van der Waals surface area contributed by atoms with Crippen LogP contribution in [0.3, 0.4) is 0 Å². The molecule has 1 aliphatic heterocycles. The Hall–Kier alpha value is -3.73. The summed E-state index contributed by atoms with van der Waals surface area (Å²) in [5, 5.41) is 21.8. The third-order valence-electron chi connectivity index (χ3n) is 8.01. The molecule has 5 rings (SSSR count). The lowest BCUT2D eigenvalue weighted by atomic mass is 9.90. The normalized spacial score (nSPS) is 19.7. The van der Waals surface area contributed by atoms with E-state index in [1.807, 2.05) is 72.8 Å². The molecule has 1 aromatic heterocycles. The fourth-order valence-corrected chi connectivity index (χ4v) is 5.76. The number of carboxylic acids is 1. The Labute approximate surface area is 271 Å². The predicted molar refractivity (Wildman–Crippen MR) is 170 cm³/mol.